The van der Waals surface area contributed by atoms with E-state index < -0.39 is 0 Å². The minimum atomic E-state index is 0.0156. The van der Waals surface area contributed by atoms with Gasteiger partial charge in [-0.2, -0.15) is 5.10 Å². The summed E-state index contributed by atoms with van der Waals surface area (Å²) in [6.45, 7) is 5.03. The molecule has 0 saturated carbocycles. The van der Waals surface area contributed by atoms with Crippen LogP contribution < -0.4 is 10.9 Å². The summed E-state index contributed by atoms with van der Waals surface area (Å²) in [5.74, 6) is 0. The van der Waals surface area contributed by atoms with E-state index in [1.165, 1.54) is 0 Å². The lowest BCUT2D eigenvalue weighted by molar-refractivity contribution is 0.0778. The van der Waals surface area contributed by atoms with E-state index >= 15 is 0 Å². The zero-order valence-electron chi connectivity index (χ0n) is 11.7. The number of hydrogen-bond acceptors (Lipinski definition) is 4. The summed E-state index contributed by atoms with van der Waals surface area (Å²) in [6.07, 6.45) is 5.73. The molecule has 0 unspecified atom stereocenters. The lowest BCUT2D eigenvalue weighted by Gasteiger charge is -2.23. The molecule has 20 heavy (non-hydrogen) atoms. The first-order valence-corrected chi connectivity index (χ1v) is 7.10. The summed E-state index contributed by atoms with van der Waals surface area (Å²) in [6, 6.07) is 2.34. The molecule has 2 aromatic rings. The molecule has 0 atom stereocenters. The van der Waals surface area contributed by atoms with Crippen LogP contribution >= 0.6 is 0 Å². The Morgan fingerprint density at radius 1 is 1.40 bits per heavy atom. The highest BCUT2D eigenvalue weighted by atomic mass is 16.5. The maximum atomic E-state index is 12.3. The fraction of sp³-hybridized carbons (Fsp3) is 0.571. The first-order chi connectivity index (χ1) is 9.74. The summed E-state index contributed by atoms with van der Waals surface area (Å²) in [7, 11) is 0. The largest absolute Gasteiger partial charge is 0.381 e. The van der Waals surface area contributed by atoms with Gasteiger partial charge in [-0.1, -0.05) is 0 Å². The number of nitrogens with zero attached hydrogens (tertiary/aromatic N) is 3. The summed E-state index contributed by atoms with van der Waals surface area (Å²) in [5.41, 5.74) is 1.51. The summed E-state index contributed by atoms with van der Waals surface area (Å²) >= 11 is 0. The van der Waals surface area contributed by atoms with Crippen LogP contribution in [0, 0.1) is 6.92 Å². The van der Waals surface area contributed by atoms with Crippen molar-refractivity contribution >= 4 is 5.52 Å². The molecule has 6 heteroatoms. The SMILES string of the molecule is Cc1cc2c(=O)n(CCNC3CCOCC3)ccn2n1. The molecule has 0 aliphatic carbocycles. The van der Waals surface area contributed by atoms with E-state index in [1.54, 1.807) is 15.3 Å². The van der Waals surface area contributed by atoms with Crippen molar-refractivity contribution in [2.45, 2.75) is 32.4 Å². The molecule has 6 nitrogen and oxygen atoms in total. The van der Waals surface area contributed by atoms with Crippen molar-refractivity contribution in [2.75, 3.05) is 19.8 Å². The molecule has 3 heterocycles. The first-order valence-electron chi connectivity index (χ1n) is 7.10. The number of ether oxygens (including phenoxy) is 1. The Labute approximate surface area is 117 Å². The average molecular weight is 276 g/mol. The third kappa shape index (κ3) is 2.76. The van der Waals surface area contributed by atoms with Gasteiger partial charge in [-0.3, -0.25) is 4.79 Å². The normalized spacial score (nSPS) is 16.9. The van der Waals surface area contributed by atoms with Crippen LogP contribution in [0.3, 0.4) is 0 Å². The van der Waals surface area contributed by atoms with Gasteiger partial charge in [0.2, 0.25) is 0 Å². The number of hydrogen-bond donors (Lipinski definition) is 1. The molecule has 0 aromatic carbocycles. The van der Waals surface area contributed by atoms with Gasteiger partial charge >= 0.3 is 0 Å². The van der Waals surface area contributed by atoms with Crippen molar-refractivity contribution in [1.82, 2.24) is 19.5 Å². The Balaban J connectivity index is 1.65. The quantitative estimate of drug-likeness (QED) is 0.887. The molecule has 1 saturated heterocycles. The number of fused-ring (bicyclic) bond motifs is 1. The van der Waals surface area contributed by atoms with Crippen molar-refractivity contribution in [3.8, 4) is 0 Å². The fourth-order valence-corrected chi connectivity index (χ4v) is 2.62. The molecule has 0 radical (unpaired) electrons. The van der Waals surface area contributed by atoms with Gasteiger partial charge in [0.05, 0.1) is 5.69 Å². The van der Waals surface area contributed by atoms with E-state index in [4.69, 9.17) is 4.74 Å². The van der Waals surface area contributed by atoms with Crippen LogP contribution in [0.2, 0.25) is 0 Å². The van der Waals surface area contributed by atoms with Crippen LogP contribution in [0.4, 0.5) is 0 Å². The van der Waals surface area contributed by atoms with Gasteiger partial charge < -0.3 is 14.6 Å². The van der Waals surface area contributed by atoms with Crippen LogP contribution in [-0.2, 0) is 11.3 Å². The van der Waals surface area contributed by atoms with Crippen molar-refractivity contribution in [3.05, 3.63) is 34.5 Å². The van der Waals surface area contributed by atoms with Crippen LogP contribution in [0.25, 0.3) is 5.52 Å². The highest BCUT2D eigenvalue weighted by Gasteiger charge is 2.12. The molecule has 2 aromatic heterocycles. The fourth-order valence-electron chi connectivity index (χ4n) is 2.62. The predicted molar refractivity (Wildman–Crippen MR) is 76.0 cm³/mol. The number of aromatic nitrogens is 3. The Bertz CT molecular complexity index is 640. The van der Waals surface area contributed by atoms with Gasteiger partial charge in [0, 0.05) is 44.7 Å². The molecular formula is C14H20N4O2. The minimum Gasteiger partial charge on any atom is -0.381 e. The lowest BCUT2D eigenvalue weighted by atomic mass is 10.1. The zero-order chi connectivity index (χ0) is 13.9. The molecule has 1 fully saturated rings. The number of nitrogens with one attached hydrogen (secondary N) is 1. The molecule has 0 amide bonds. The highest BCUT2D eigenvalue weighted by Crippen LogP contribution is 2.05. The average Bonchev–Trinajstić information content (AvgIpc) is 2.84. The van der Waals surface area contributed by atoms with Crippen molar-refractivity contribution in [2.24, 2.45) is 0 Å². The Morgan fingerprint density at radius 2 is 2.20 bits per heavy atom. The van der Waals surface area contributed by atoms with Gasteiger partial charge in [0.15, 0.2) is 0 Å². The van der Waals surface area contributed by atoms with E-state index in [0.29, 0.717) is 18.1 Å². The maximum Gasteiger partial charge on any atom is 0.276 e. The standard InChI is InChI=1S/C14H20N4O2/c1-11-10-13-14(19)17(6-7-18(13)16-11)5-4-15-12-2-8-20-9-3-12/h6-7,10,12,15H,2-5,8-9H2,1H3. The molecule has 1 N–H and O–H groups in total. The Morgan fingerprint density at radius 3 is 3.00 bits per heavy atom. The zero-order valence-corrected chi connectivity index (χ0v) is 11.7. The van der Waals surface area contributed by atoms with E-state index in [0.717, 1.165) is 38.3 Å². The van der Waals surface area contributed by atoms with Crippen LogP contribution in [0.15, 0.2) is 23.3 Å². The topological polar surface area (TPSA) is 60.6 Å². The Hall–Kier alpha value is -1.66. The van der Waals surface area contributed by atoms with E-state index in [1.807, 2.05) is 19.2 Å². The molecule has 108 valence electrons. The van der Waals surface area contributed by atoms with Gasteiger partial charge in [-0.05, 0) is 25.8 Å². The maximum absolute atomic E-state index is 12.3. The number of rotatable bonds is 4. The molecular weight excluding hydrogens is 256 g/mol. The van der Waals surface area contributed by atoms with E-state index in [2.05, 4.69) is 10.4 Å². The predicted octanol–water partition coefficient (Wildman–Crippen LogP) is 0.573. The van der Waals surface area contributed by atoms with Gasteiger partial charge in [-0.25, -0.2) is 4.52 Å². The minimum absolute atomic E-state index is 0.0156. The van der Waals surface area contributed by atoms with Crippen molar-refractivity contribution < 1.29 is 4.74 Å². The second-order valence-corrected chi connectivity index (χ2v) is 5.25. The van der Waals surface area contributed by atoms with Crippen LogP contribution in [0.5, 0.6) is 0 Å². The molecule has 1 aliphatic rings. The van der Waals surface area contributed by atoms with Crippen molar-refractivity contribution in [1.29, 1.82) is 0 Å². The number of aryl methyl sites for hydroxylation is 1. The monoisotopic (exact) mass is 276 g/mol. The van der Waals surface area contributed by atoms with E-state index in [9.17, 15) is 4.79 Å². The summed E-state index contributed by atoms with van der Waals surface area (Å²) in [5, 5.41) is 7.73. The van der Waals surface area contributed by atoms with Gasteiger partial charge in [0.25, 0.3) is 5.56 Å². The Kier molecular flexibility index (Phi) is 3.84. The van der Waals surface area contributed by atoms with E-state index in [-0.39, 0.29) is 5.56 Å². The second kappa shape index (κ2) is 5.76. The van der Waals surface area contributed by atoms with Gasteiger partial charge in [-0.15, -0.1) is 0 Å². The lowest BCUT2D eigenvalue weighted by Crippen LogP contribution is -2.37. The second-order valence-electron chi connectivity index (χ2n) is 5.25. The first kappa shape index (κ1) is 13.3. The van der Waals surface area contributed by atoms with Gasteiger partial charge in [0.1, 0.15) is 5.52 Å². The summed E-state index contributed by atoms with van der Waals surface area (Å²) < 4.78 is 8.71. The third-order valence-electron chi connectivity index (χ3n) is 3.73. The molecule has 3 rings (SSSR count). The van der Waals surface area contributed by atoms with Crippen molar-refractivity contribution in [3.63, 3.8) is 0 Å². The molecule has 0 bridgehead atoms. The molecule has 1 aliphatic heterocycles. The smallest absolute Gasteiger partial charge is 0.276 e. The molecule has 0 spiro atoms. The summed E-state index contributed by atoms with van der Waals surface area (Å²) in [4.78, 5) is 12.3. The third-order valence-corrected chi connectivity index (χ3v) is 3.73. The van der Waals surface area contributed by atoms with Crippen LogP contribution in [0.1, 0.15) is 18.5 Å². The van der Waals surface area contributed by atoms with Crippen LogP contribution in [-0.4, -0.2) is 40.0 Å². The highest BCUT2D eigenvalue weighted by molar-refractivity contribution is 5.44.